The second-order valence-electron chi connectivity index (χ2n) is 6.84. The highest BCUT2D eigenvalue weighted by Gasteiger charge is 2.22. The summed E-state index contributed by atoms with van der Waals surface area (Å²) in [4.78, 5) is 15.3. The predicted molar refractivity (Wildman–Crippen MR) is 105 cm³/mol. The van der Waals surface area contributed by atoms with E-state index in [9.17, 15) is 4.79 Å². The quantitative estimate of drug-likeness (QED) is 0.673. The Labute approximate surface area is 158 Å². The number of rotatable bonds is 7. The number of nitrogens with one attached hydrogen (secondary N) is 2. The smallest absolute Gasteiger partial charge is 0.249 e. The van der Waals surface area contributed by atoms with Crippen molar-refractivity contribution in [3.63, 3.8) is 0 Å². The molecule has 2 N–H and O–H groups in total. The number of ether oxygens (including phenoxy) is 2. The zero-order chi connectivity index (χ0) is 18.5. The first-order valence-electron chi connectivity index (χ1n) is 9.45. The van der Waals surface area contributed by atoms with Gasteiger partial charge in [-0.05, 0) is 42.5 Å². The molecule has 0 saturated carbocycles. The molecule has 1 aliphatic rings. The number of aromatic nitrogens is 1. The molecule has 27 heavy (non-hydrogen) atoms. The Balaban J connectivity index is 1.33. The van der Waals surface area contributed by atoms with E-state index < -0.39 is 0 Å². The van der Waals surface area contributed by atoms with Crippen LogP contribution in [0.2, 0.25) is 0 Å². The fraction of sp³-hybridized carbons (Fsp3) is 0.318. The van der Waals surface area contributed by atoms with Crippen LogP contribution < -0.4 is 10.1 Å². The van der Waals surface area contributed by atoms with E-state index in [0.29, 0.717) is 19.8 Å². The van der Waals surface area contributed by atoms with E-state index in [-0.39, 0.29) is 12.0 Å². The SMILES string of the molecule is O=C(NCCc1c[nH]c2cc(OCc3ccccc3)ccc12)C1CCCO1. The molecule has 3 aromatic rings. The van der Waals surface area contributed by atoms with Crippen molar-refractivity contribution >= 4 is 16.8 Å². The normalized spacial score (nSPS) is 16.5. The Kier molecular flexibility index (Phi) is 5.39. The highest BCUT2D eigenvalue weighted by atomic mass is 16.5. The van der Waals surface area contributed by atoms with Gasteiger partial charge in [-0.1, -0.05) is 30.3 Å². The summed E-state index contributed by atoms with van der Waals surface area (Å²) < 4.78 is 11.3. The van der Waals surface area contributed by atoms with Gasteiger partial charge in [-0.15, -0.1) is 0 Å². The van der Waals surface area contributed by atoms with E-state index in [4.69, 9.17) is 9.47 Å². The summed E-state index contributed by atoms with van der Waals surface area (Å²) in [7, 11) is 0. The minimum absolute atomic E-state index is 0.00365. The summed E-state index contributed by atoms with van der Waals surface area (Å²) in [6.45, 7) is 1.85. The molecule has 140 valence electrons. The summed E-state index contributed by atoms with van der Waals surface area (Å²) in [5, 5.41) is 4.14. The number of carbonyl (C=O) groups is 1. The number of amides is 1. The molecule has 1 atom stereocenters. The van der Waals surface area contributed by atoms with E-state index in [1.54, 1.807) is 0 Å². The van der Waals surface area contributed by atoms with Crippen LogP contribution in [0.5, 0.6) is 5.75 Å². The lowest BCUT2D eigenvalue weighted by Gasteiger charge is -2.10. The molecule has 1 aromatic heterocycles. The third kappa shape index (κ3) is 4.31. The average molecular weight is 364 g/mol. The third-order valence-corrected chi connectivity index (χ3v) is 4.90. The van der Waals surface area contributed by atoms with Crippen molar-refractivity contribution in [3.05, 3.63) is 65.9 Å². The Morgan fingerprint density at radius 3 is 2.93 bits per heavy atom. The first-order chi connectivity index (χ1) is 13.3. The molecule has 5 nitrogen and oxygen atoms in total. The lowest BCUT2D eigenvalue weighted by molar-refractivity contribution is -0.129. The molecule has 2 heterocycles. The van der Waals surface area contributed by atoms with Crippen LogP contribution in [-0.4, -0.2) is 30.1 Å². The van der Waals surface area contributed by atoms with Gasteiger partial charge in [-0.3, -0.25) is 4.79 Å². The van der Waals surface area contributed by atoms with Crippen molar-refractivity contribution in [3.8, 4) is 5.75 Å². The molecule has 1 aliphatic heterocycles. The number of benzene rings is 2. The topological polar surface area (TPSA) is 63.4 Å². The van der Waals surface area contributed by atoms with Crippen molar-refractivity contribution in [2.45, 2.75) is 32.0 Å². The molecular formula is C22H24N2O3. The molecule has 4 rings (SSSR count). The van der Waals surface area contributed by atoms with Gasteiger partial charge in [0.2, 0.25) is 5.91 Å². The van der Waals surface area contributed by atoms with Crippen molar-refractivity contribution in [1.82, 2.24) is 10.3 Å². The number of hydrogen-bond acceptors (Lipinski definition) is 3. The summed E-state index contributed by atoms with van der Waals surface area (Å²) in [5.41, 5.74) is 3.38. The van der Waals surface area contributed by atoms with Gasteiger partial charge >= 0.3 is 0 Å². The van der Waals surface area contributed by atoms with E-state index >= 15 is 0 Å². The van der Waals surface area contributed by atoms with Crippen molar-refractivity contribution < 1.29 is 14.3 Å². The van der Waals surface area contributed by atoms with Crippen LogP contribution in [-0.2, 0) is 22.6 Å². The fourth-order valence-electron chi connectivity index (χ4n) is 3.42. The molecule has 0 aliphatic carbocycles. The van der Waals surface area contributed by atoms with Crippen LogP contribution in [0.25, 0.3) is 10.9 Å². The van der Waals surface area contributed by atoms with Crippen LogP contribution in [0.15, 0.2) is 54.7 Å². The van der Waals surface area contributed by atoms with E-state index in [1.165, 1.54) is 5.56 Å². The zero-order valence-corrected chi connectivity index (χ0v) is 15.2. The molecule has 5 heteroatoms. The summed E-state index contributed by atoms with van der Waals surface area (Å²) in [5.74, 6) is 0.843. The first kappa shape index (κ1) is 17.6. The van der Waals surface area contributed by atoms with Crippen LogP contribution >= 0.6 is 0 Å². The Morgan fingerprint density at radius 2 is 2.11 bits per heavy atom. The minimum atomic E-state index is -0.266. The van der Waals surface area contributed by atoms with E-state index in [1.807, 2.05) is 36.5 Å². The molecule has 1 fully saturated rings. The molecule has 2 aromatic carbocycles. The fourth-order valence-corrected chi connectivity index (χ4v) is 3.42. The highest BCUT2D eigenvalue weighted by molar-refractivity contribution is 5.85. The second-order valence-corrected chi connectivity index (χ2v) is 6.84. The number of fused-ring (bicyclic) bond motifs is 1. The maximum absolute atomic E-state index is 12.0. The van der Waals surface area contributed by atoms with Gasteiger partial charge in [0, 0.05) is 36.3 Å². The lowest BCUT2D eigenvalue weighted by atomic mass is 10.1. The molecule has 1 amide bonds. The molecule has 0 spiro atoms. The summed E-state index contributed by atoms with van der Waals surface area (Å²) in [6, 6.07) is 16.2. The van der Waals surface area contributed by atoms with Crippen LogP contribution in [0, 0.1) is 0 Å². The molecule has 0 bridgehead atoms. The van der Waals surface area contributed by atoms with Gasteiger partial charge in [0.15, 0.2) is 0 Å². The highest BCUT2D eigenvalue weighted by Crippen LogP contribution is 2.24. The van der Waals surface area contributed by atoms with Gasteiger partial charge in [-0.25, -0.2) is 0 Å². The Morgan fingerprint density at radius 1 is 1.22 bits per heavy atom. The third-order valence-electron chi connectivity index (χ3n) is 4.90. The molecule has 0 radical (unpaired) electrons. The van der Waals surface area contributed by atoms with Gasteiger partial charge in [0.05, 0.1) is 0 Å². The second kappa shape index (κ2) is 8.27. The first-order valence-corrected chi connectivity index (χ1v) is 9.45. The van der Waals surface area contributed by atoms with Gasteiger partial charge in [0.1, 0.15) is 18.5 Å². The maximum Gasteiger partial charge on any atom is 0.249 e. The predicted octanol–water partition coefficient (Wildman–Crippen LogP) is 3.58. The largest absolute Gasteiger partial charge is 0.489 e. The number of H-pyrrole nitrogens is 1. The Bertz CT molecular complexity index is 898. The van der Waals surface area contributed by atoms with Gasteiger partial charge < -0.3 is 19.8 Å². The number of carbonyl (C=O) groups excluding carboxylic acids is 1. The van der Waals surface area contributed by atoms with Crippen molar-refractivity contribution in [2.24, 2.45) is 0 Å². The van der Waals surface area contributed by atoms with E-state index in [0.717, 1.165) is 41.5 Å². The zero-order valence-electron chi connectivity index (χ0n) is 15.2. The van der Waals surface area contributed by atoms with Gasteiger partial charge in [-0.2, -0.15) is 0 Å². The Hall–Kier alpha value is -2.79. The van der Waals surface area contributed by atoms with Gasteiger partial charge in [0.25, 0.3) is 0 Å². The molecule has 1 saturated heterocycles. The maximum atomic E-state index is 12.0. The number of hydrogen-bond donors (Lipinski definition) is 2. The van der Waals surface area contributed by atoms with Crippen molar-refractivity contribution in [2.75, 3.05) is 13.2 Å². The van der Waals surface area contributed by atoms with Crippen LogP contribution in [0.4, 0.5) is 0 Å². The summed E-state index contributed by atoms with van der Waals surface area (Å²) in [6.07, 6.45) is 4.31. The van der Waals surface area contributed by atoms with E-state index in [2.05, 4.69) is 28.5 Å². The molecular weight excluding hydrogens is 340 g/mol. The summed E-state index contributed by atoms with van der Waals surface area (Å²) >= 11 is 0. The van der Waals surface area contributed by atoms with Crippen LogP contribution in [0.1, 0.15) is 24.0 Å². The van der Waals surface area contributed by atoms with Crippen molar-refractivity contribution in [1.29, 1.82) is 0 Å². The number of aromatic amines is 1. The monoisotopic (exact) mass is 364 g/mol. The minimum Gasteiger partial charge on any atom is -0.489 e. The van der Waals surface area contributed by atoms with Crippen LogP contribution in [0.3, 0.4) is 0 Å². The lowest BCUT2D eigenvalue weighted by Crippen LogP contribution is -2.35. The molecule has 1 unspecified atom stereocenters. The standard InChI is InChI=1S/C22H24N2O3/c25-22(21-7-4-12-26-21)23-11-10-17-14-24-20-13-18(8-9-19(17)20)27-15-16-5-2-1-3-6-16/h1-3,5-6,8-9,13-14,21,24H,4,7,10-12,15H2,(H,23,25). The average Bonchev–Trinajstić information content (AvgIpc) is 3.37.